The highest BCUT2D eigenvalue weighted by atomic mass is 32.1. The van der Waals surface area contributed by atoms with Gasteiger partial charge in [-0.15, -0.1) is 11.3 Å². The maximum absolute atomic E-state index is 13.1. The van der Waals surface area contributed by atoms with Gasteiger partial charge in [-0.25, -0.2) is 4.39 Å². The smallest absolute Gasteiger partial charge is 0.276 e. The summed E-state index contributed by atoms with van der Waals surface area (Å²) in [5.41, 5.74) is 0.443. The van der Waals surface area contributed by atoms with E-state index >= 15 is 0 Å². The van der Waals surface area contributed by atoms with Gasteiger partial charge >= 0.3 is 0 Å². The van der Waals surface area contributed by atoms with Crippen molar-refractivity contribution in [2.45, 2.75) is 0 Å². The van der Waals surface area contributed by atoms with Crippen molar-refractivity contribution in [1.82, 2.24) is 9.78 Å². The molecule has 0 bridgehead atoms. The quantitative estimate of drug-likeness (QED) is 0.763. The molecule has 0 aliphatic rings. The highest BCUT2D eigenvalue weighted by Gasteiger charge is 2.16. The summed E-state index contributed by atoms with van der Waals surface area (Å²) in [5.74, 6) is -0.826. The molecule has 2 aromatic heterocycles. The molecule has 8 heteroatoms. The third-order valence-corrected chi connectivity index (χ3v) is 4.05. The van der Waals surface area contributed by atoms with E-state index in [0.717, 1.165) is 0 Å². The second-order valence-corrected chi connectivity index (χ2v) is 5.88. The van der Waals surface area contributed by atoms with Crippen molar-refractivity contribution >= 4 is 34.7 Å². The number of thiophene rings is 1. The number of anilines is 2. The molecule has 0 atom stereocenters. The summed E-state index contributed by atoms with van der Waals surface area (Å²) in [6.45, 7) is 0. The van der Waals surface area contributed by atoms with Gasteiger partial charge in [-0.05, 0) is 29.6 Å². The average molecular weight is 344 g/mol. The van der Waals surface area contributed by atoms with Gasteiger partial charge in [0.05, 0.1) is 4.88 Å². The average Bonchev–Trinajstić information content (AvgIpc) is 3.18. The van der Waals surface area contributed by atoms with Gasteiger partial charge in [-0.1, -0.05) is 12.1 Å². The van der Waals surface area contributed by atoms with E-state index in [1.54, 1.807) is 30.6 Å². The van der Waals surface area contributed by atoms with Crippen LogP contribution in [0.2, 0.25) is 0 Å². The summed E-state index contributed by atoms with van der Waals surface area (Å²) in [6, 6.07) is 10.5. The van der Waals surface area contributed by atoms with Gasteiger partial charge in [0.15, 0.2) is 5.69 Å². The van der Waals surface area contributed by atoms with Crippen molar-refractivity contribution in [3.8, 4) is 0 Å². The Morgan fingerprint density at radius 2 is 1.96 bits per heavy atom. The molecule has 122 valence electrons. The van der Waals surface area contributed by atoms with Crippen molar-refractivity contribution in [2.24, 2.45) is 7.05 Å². The molecule has 0 unspecified atom stereocenters. The van der Waals surface area contributed by atoms with Crippen LogP contribution in [0.25, 0.3) is 0 Å². The standard InChI is InChI=1S/C16H13FN4O2S/c1-21-14(19-16(23)13-6-3-7-24-13)9-12(20-21)15(22)18-11-5-2-4-10(17)8-11/h2-9H,1H3,(H,18,22)(H,19,23). The Balaban J connectivity index is 1.73. The van der Waals surface area contributed by atoms with Gasteiger partial charge in [0.1, 0.15) is 11.6 Å². The fraction of sp³-hybridized carbons (Fsp3) is 0.0625. The number of amides is 2. The van der Waals surface area contributed by atoms with Crippen molar-refractivity contribution in [1.29, 1.82) is 0 Å². The normalized spacial score (nSPS) is 10.4. The topological polar surface area (TPSA) is 76.0 Å². The van der Waals surface area contributed by atoms with Crippen molar-refractivity contribution in [3.63, 3.8) is 0 Å². The van der Waals surface area contributed by atoms with E-state index in [0.29, 0.717) is 16.4 Å². The Morgan fingerprint density at radius 1 is 1.12 bits per heavy atom. The molecule has 3 aromatic rings. The van der Waals surface area contributed by atoms with E-state index in [1.165, 1.54) is 40.3 Å². The summed E-state index contributed by atoms with van der Waals surface area (Å²) >= 11 is 1.32. The maximum atomic E-state index is 13.1. The number of rotatable bonds is 4. The van der Waals surface area contributed by atoms with Crippen molar-refractivity contribution in [2.75, 3.05) is 10.6 Å². The first kappa shape index (κ1) is 15.9. The number of halogens is 1. The zero-order valence-corrected chi connectivity index (χ0v) is 13.4. The number of benzene rings is 1. The number of aromatic nitrogens is 2. The van der Waals surface area contributed by atoms with E-state index in [4.69, 9.17) is 0 Å². The van der Waals surface area contributed by atoms with E-state index in [2.05, 4.69) is 15.7 Å². The lowest BCUT2D eigenvalue weighted by atomic mass is 10.3. The zero-order chi connectivity index (χ0) is 17.1. The van der Waals surface area contributed by atoms with Gasteiger partial charge in [0.2, 0.25) is 0 Å². The molecule has 0 aliphatic carbocycles. The third-order valence-electron chi connectivity index (χ3n) is 3.18. The van der Waals surface area contributed by atoms with E-state index in [-0.39, 0.29) is 11.6 Å². The SMILES string of the molecule is Cn1nc(C(=O)Nc2cccc(F)c2)cc1NC(=O)c1cccs1. The van der Waals surface area contributed by atoms with Crippen molar-refractivity contribution < 1.29 is 14.0 Å². The minimum absolute atomic E-state index is 0.114. The Morgan fingerprint density at radius 3 is 2.67 bits per heavy atom. The van der Waals surface area contributed by atoms with Crippen LogP contribution in [0.3, 0.4) is 0 Å². The summed E-state index contributed by atoms with van der Waals surface area (Å²) in [4.78, 5) is 24.8. The van der Waals surface area contributed by atoms with Gasteiger partial charge < -0.3 is 10.6 Å². The summed E-state index contributed by atoms with van der Waals surface area (Å²) < 4.78 is 14.5. The highest BCUT2D eigenvalue weighted by molar-refractivity contribution is 7.12. The van der Waals surface area contributed by atoms with E-state index in [9.17, 15) is 14.0 Å². The van der Waals surface area contributed by atoms with Crippen LogP contribution in [0.1, 0.15) is 20.2 Å². The molecule has 3 rings (SSSR count). The molecule has 2 heterocycles. The minimum atomic E-state index is -0.493. The van der Waals surface area contributed by atoms with Crippen LogP contribution in [0.5, 0.6) is 0 Å². The lowest BCUT2D eigenvalue weighted by molar-refractivity contribution is 0.101. The van der Waals surface area contributed by atoms with Crippen LogP contribution in [0.15, 0.2) is 47.8 Å². The van der Waals surface area contributed by atoms with E-state index in [1.807, 2.05) is 0 Å². The van der Waals surface area contributed by atoms with Crippen molar-refractivity contribution in [3.05, 3.63) is 64.2 Å². The monoisotopic (exact) mass is 344 g/mol. The molecule has 0 saturated heterocycles. The Labute approximate surface area is 140 Å². The van der Waals surface area contributed by atoms with Crippen LogP contribution in [-0.4, -0.2) is 21.6 Å². The lowest BCUT2D eigenvalue weighted by Crippen LogP contribution is -2.13. The first-order valence-corrected chi connectivity index (χ1v) is 7.87. The second kappa shape index (κ2) is 6.63. The zero-order valence-electron chi connectivity index (χ0n) is 12.6. The first-order valence-electron chi connectivity index (χ1n) is 6.99. The molecular weight excluding hydrogens is 331 g/mol. The van der Waals surface area contributed by atoms with Gasteiger partial charge in [0, 0.05) is 18.8 Å². The Kier molecular flexibility index (Phi) is 4.39. The number of aryl methyl sites for hydroxylation is 1. The molecule has 1 aromatic carbocycles. The van der Waals surface area contributed by atoms with Crippen LogP contribution < -0.4 is 10.6 Å². The Bertz CT molecular complexity index is 889. The molecule has 2 N–H and O–H groups in total. The fourth-order valence-corrected chi connectivity index (χ4v) is 2.66. The third kappa shape index (κ3) is 3.49. The van der Waals surface area contributed by atoms with Gasteiger partial charge in [-0.2, -0.15) is 5.10 Å². The second-order valence-electron chi connectivity index (χ2n) is 4.93. The number of nitrogens with one attached hydrogen (secondary N) is 2. The number of carbonyl (C=O) groups is 2. The van der Waals surface area contributed by atoms with Crippen LogP contribution in [0.4, 0.5) is 15.9 Å². The molecular formula is C16H13FN4O2S. The molecule has 6 nitrogen and oxygen atoms in total. The molecule has 0 fully saturated rings. The van der Waals surface area contributed by atoms with Crippen LogP contribution >= 0.6 is 11.3 Å². The molecule has 0 radical (unpaired) electrons. The van der Waals surface area contributed by atoms with Crippen LogP contribution in [-0.2, 0) is 7.05 Å². The number of hydrogen-bond donors (Lipinski definition) is 2. The summed E-state index contributed by atoms with van der Waals surface area (Å²) in [6.07, 6.45) is 0. The first-order chi connectivity index (χ1) is 11.5. The maximum Gasteiger partial charge on any atom is 0.276 e. The van der Waals surface area contributed by atoms with Crippen LogP contribution in [0, 0.1) is 5.82 Å². The predicted molar refractivity (Wildman–Crippen MR) is 89.8 cm³/mol. The van der Waals surface area contributed by atoms with Gasteiger partial charge in [-0.3, -0.25) is 14.3 Å². The Hall–Kier alpha value is -3.00. The molecule has 0 aliphatic heterocycles. The number of nitrogens with zero attached hydrogens (tertiary/aromatic N) is 2. The highest BCUT2D eigenvalue weighted by Crippen LogP contribution is 2.16. The molecule has 24 heavy (non-hydrogen) atoms. The fourth-order valence-electron chi connectivity index (χ4n) is 2.04. The number of carbonyl (C=O) groups excluding carboxylic acids is 2. The lowest BCUT2D eigenvalue weighted by Gasteiger charge is -2.02. The predicted octanol–water partition coefficient (Wildman–Crippen LogP) is 3.13. The minimum Gasteiger partial charge on any atom is -0.320 e. The summed E-state index contributed by atoms with van der Waals surface area (Å²) in [7, 11) is 1.61. The van der Waals surface area contributed by atoms with E-state index < -0.39 is 11.7 Å². The van der Waals surface area contributed by atoms with Gasteiger partial charge in [0.25, 0.3) is 11.8 Å². The molecule has 2 amide bonds. The molecule has 0 saturated carbocycles. The number of hydrogen-bond acceptors (Lipinski definition) is 4. The largest absolute Gasteiger partial charge is 0.320 e. The summed E-state index contributed by atoms with van der Waals surface area (Å²) in [5, 5.41) is 11.1. The molecule has 0 spiro atoms.